The number of amides is 2. The summed E-state index contributed by atoms with van der Waals surface area (Å²) in [6.07, 6.45) is 3.75. The minimum Gasteiger partial charge on any atom is -0.343 e. The largest absolute Gasteiger partial charge is 0.343 e. The van der Waals surface area contributed by atoms with E-state index in [1.807, 2.05) is 31.1 Å². The highest BCUT2D eigenvalue weighted by Gasteiger charge is 2.28. The van der Waals surface area contributed by atoms with Crippen molar-refractivity contribution in [2.45, 2.75) is 46.5 Å². The van der Waals surface area contributed by atoms with E-state index < -0.39 is 0 Å². The second-order valence-corrected chi connectivity index (χ2v) is 8.96. The molecule has 0 aliphatic carbocycles. The number of anilines is 1. The van der Waals surface area contributed by atoms with E-state index in [1.165, 1.54) is 17.5 Å². The fraction of sp³-hybridized carbons (Fsp3) is 0.455. The van der Waals surface area contributed by atoms with Crippen LogP contribution in [0.3, 0.4) is 0 Å². The Bertz CT molecular complexity index is 1220. The standard InChI is InChI=1S/C22H25N7O2S/c1-13-12-32-22(25-13)27-21(31)16-6-8-28(9-7-16)19(30)5-4-18-14(2)26-20-17(10-23)11-24-29(20)15(18)3/h11-12,16H,4-9H2,1-3H3,(H,25,27,31). The number of aryl methyl sites for hydroxylation is 3. The maximum absolute atomic E-state index is 12.8. The minimum atomic E-state index is -0.103. The fourth-order valence-electron chi connectivity index (χ4n) is 4.15. The van der Waals surface area contributed by atoms with Crippen LogP contribution in [0.25, 0.3) is 5.65 Å². The van der Waals surface area contributed by atoms with Crippen LogP contribution in [0.5, 0.6) is 0 Å². The van der Waals surface area contributed by atoms with Gasteiger partial charge >= 0.3 is 0 Å². The van der Waals surface area contributed by atoms with E-state index in [4.69, 9.17) is 0 Å². The van der Waals surface area contributed by atoms with Gasteiger partial charge in [-0.15, -0.1) is 11.3 Å². The van der Waals surface area contributed by atoms with Gasteiger partial charge in [0, 0.05) is 42.2 Å². The molecule has 1 aliphatic rings. The zero-order valence-corrected chi connectivity index (χ0v) is 19.2. The zero-order chi connectivity index (χ0) is 22.8. The first-order valence-corrected chi connectivity index (χ1v) is 11.5. The summed E-state index contributed by atoms with van der Waals surface area (Å²) in [5.41, 5.74) is 4.57. The maximum atomic E-state index is 12.8. The maximum Gasteiger partial charge on any atom is 0.229 e. The van der Waals surface area contributed by atoms with E-state index in [1.54, 1.807) is 4.52 Å². The molecule has 1 saturated heterocycles. The number of nitrogens with one attached hydrogen (secondary N) is 1. The van der Waals surface area contributed by atoms with Gasteiger partial charge < -0.3 is 10.2 Å². The molecule has 1 N–H and O–H groups in total. The number of rotatable bonds is 5. The Kier molecular flexibility index (Phi) is 6.19. The molecule has 1 fully saturated rings. The van der Waals surface area contributed by atoms with Crippen molar-refractivity contribution in [1.82, 2.24) is 24.5 Å². The van der Waals surface area contributed by atoms with Gasteiger partial charge in [-0.2, -0.15) is 10.4 Å². The van der Waals surface area contributed by atoms with Crippen molar-refractivity contribution < 1.29 is 9.59 Å². The van der Waals surface area contributed by atoms with Crippen molar-refractivity contribution in [3.63, 3.8) is 0 Å². The molecule has 9 nitrogen and oxygen atoms in total. The Morgan fingerprint density at radius 3 is 2.66 bits per heavy atom. The number of carbonyl (C=O) groups is 2. The summed E-state index contributed by atoms with van der Waals surface area (Å²) in [5, 5.41) is 18.9. The van der Waals surface area contributed by atoms with Crippen LogP contribution >= 0.6 is 11.3 Å². The summed E-state index contributed by atoms with van der Waals surface area (Å²) in [6, 6.07) is 2.11. The number of likely N-dealkylation sites (tertiary alicyclic amines) is 1. The highest BCUT2D eigenvalue weighted by molar-refractivity contribution is 7.13. The number of hydrogen-bond donors (Lipinski definition) is 1. The summed E-state index contributed by atoms with van der Waals surface area (Å²) >= 11 is 1.42. The lowest BCUT2D eigenvalue weighted by molar-refractivity contribution is -0.134. The number of piperidine rings is 1. The second kappa shape index (κ2) is 9.04. The summed E-state index contributed by atoms with van der Waals surface area (Å²) in [6.45, 7) is 6.88. The first kappa shape index (κ1) is 21.9. The molecule has 0 unspecified atom stereocenters. The zero-order valence-electron chi connectivity index (χ0n) is 18.4. The van der Waals surface area contributed by atoms with E-state index in [9.17, 15) is 14.9 Å². The molecule has 4 heterocycles. The first-order valence-electron chi connectivity index (χ1n) is 10.6. The lowest BCUT2D eigenvalue weighted by Gasteiger charge is -2.31. The number of fused-ring (bicyclic) bond motifs is 1. The van der Waals surface area contributed by atoms with Crippen LogP contribution in [-0.2, 0) is 16.0 Å². The third-order valence-electron chi connectivity index (χ3n) is 5.99. The summed E-state index contributed by atoms with van der Waals surface area (Å²) in [4.78, 5) is 35.9. The average molecular weight is 452 g/mol. The number of thiazole rings is 1. The van der Waals surface area contributed by atoms with Crippen molar-refractivity contribution in [2.24, 2.45) is 5.92 Å². The van der Waals surface area contributed by atoms with Crippen molar-refractivity contribution >= 4 is 33.9 Å². The Morgan fingerprint density at radius 2 is 2.00 bits per heavy atom. The van der Waals surface area contributed by atoms with Crippen molar-refractivity contribution in [3.05, 3.63) is 39.8 Å². The SMILES string of the molecule is Cc1csc(NC(=O)C2CCN(C(=O)CCc3c(C)nc4c(C#N)cnn4c3C)CC2)n1. The van der Waals surface area contributed by atoms with Crippen molar-refractivity contribution in [2.75, 3.05) is 18.4 Å². The van der Waals surface area contributed by atoms with Gasteiger partial charge in [0.2, 0.25) is 11.8 Å². The monoisotopic (exact) mass is 451 g/mol. The Labute approximate surface area is 190 Å². The Hall–Kier alpha value is -3.32. The van der Waals surface area contributed by atoms with Crippen LogP contribution < -0.4 is 5.32 Å². The third-order valence-corrected chi connectivity index (χ3v) is 6.86. The van der Waals surface area contributed by atoms with E-state index in [0.717, 1.165) is 22.6 Å². The number of hydrogen-bond acceptors (Lipinski definition) is 7. The fourth-order valence-corrected chi connectivity index (χ4v) is 4.84. The molecule has 4 rings (SSSR count). The van der Waals surface area contributed by atoms with E-state index >= 15 is 0 Å². The normalized spacial score (nSPS) is 14.5. The molecule has 2 amide bonds. The quantitative estimate of drug-likeness (QED) is 0.638. The molecule has 0 bridgehead atoms. The summed E-state index contributed by atoms with van der Waals surface area (Å²) < 4.78 is 1.67. The lowest BCUT2D eigenvalue weighted by Crippen LogP contribution is -2.41. The molecule has 3 aromatic rings. The van der Waals surface area contributed by atoms with Gasteiger partial charge in [0.25, 0.3) is 0 Å². The van der Waals surface area contributed by atoms with Crippen molar-refractivity contribution in [1.29, 1.82) is 5.26 Å². The number of nitrogens with zero attached hydrogens (tertiary/aromatic N) is 6. The molecule has 32 heavy (non-hydrogen) atoms. The van der Waals surface area contributed by atoms with Crippen LogP contribution in [0.15, 0.2) is 11.6 Å². The Balaban J connectivity index is 1.33. The molecular formula is C22H25N7O2S. The predicted molar refractivity (Wildman–Crippen MR) is 120 cm³/mol. The predicted octanol–water partition coefficient (Wildman–Crippen LogP) is 2.79. The van der Waals surface area contributed by atoms with E-state index in [0.29, 0.717) is 55.1 Å². The molecular weight excluding hydrogens is 426 g/mol. The van der Waals surface area contributed by atoms with Crippen molar-refractivity contribution in [3.8, 4) is 6.07 Å². The van der Waals surface area contributed by atoms with E-state index in [2.05, 4.69) is 26.5 Å². The summed E-state index contributed by atoms with van der Waals surface area (Å²) in [7, 11) is 0. The first-order chi connectivity index (χ1) is 15.4. The molecule has 3 aromatic heterocycles. The molecule has 10 heteroatoms. The number of aromatic nitrogens is 4. The van der Waals surface area contributed by atoms with Crippen LogP contribution in [0.2, 0.25) is 0 Å². The van der Waals surface area contributed by atoms with Crippen LogP contribution in [0.4, 0.5) is 5.13 Å². The van der Waals surface area contributed by atoms with Gasteiger partial charge in [0.05, 0.1) is 11.9 Å². The lowest BCUT2D eigenvalue weighted by atomic mass is 9.95. The molecule has 0 atom stereocenters. The smallest absolute Gasteiger partial charge is 0.229 e. The van der Waals surface area contributed by atoms with Gasteiger partial charge in [0.1, 0.15) is 11.6 Å². The van der Waals surface area contributed by atoms with Crippen LogP contribution in [-0.4, -0.2) is 49.4 Å². The van der Waals surface area contributed by atoms with Gasteiger partial charge in [-0.25, -0.2) is 14.5 Å². The molecule has 166 valence electrons. The molecule has 1 aliphatic heterocycles. The minimum absolute atomic E-state index is 0.0203. The van der Waals surface area contributed by atoms with Gasteiger partial charge in [-0.1, -0.05) is 0 Å². The molecule has 0 radical (unpaired) electrons. The van der Waals surface area contributed by atoms with Crippen LogP contribution in [0, 0.1) is 38.0 Å². The highest BCUT2D eigenvalue weighted by atomic mass is 32.1. The topological polar surface area (TPSA) is 116 Å². The van der Waals surface area contributed by atoms with E-state index in [-0.39, 0.29) is 17.7 Å². The summed E-state index contributed by atoms with van der Waals surface area (Å²) in [5.74, 6) is -0.0435. The van der Waals surface area contributed by atoms with Gasteiger partial charge in [-0.05, 0) is 45.6 Å². The third kappa shape index (κ3) is 4.34. The molecule has 0 spiro atoms. The van der Waals surface area contributed by atoms with Gasteiger partial charge in [0.15, 0.2) is 10.8 Å². The second-order valence-electron chi connectivity index (χ2n) is 8.10. The van der Waals surface area contributed by atoms with Gasteiger partial charge in [-0.3, -0.25) is 9.59 Å². The van der Waals surface area contributed by atoms with Crippen LogP contribution in [0.1, 0.15) is 47.5 Å². The number of carbonyl (C=O) groups excluding carboxylic acids is 2. The average Bonchev–Trinajstić information content (AvgIpc) is 3.39. The highest BCUT2D eigenvalue weighted by Crippen LogP contribution is 2.23. The number of nitriles is 1. The molecule has 0 aromatic carbocycles. The molecule has 0 saturated carbocycles. The Morgan fingerprint density at radius 1 is 1.25 bits per heavy atom.